The molecule has 1 aromatic carbocycles. The summed E-state index contributed by atoms with van der Waals surface area (Å²) in [5.41, 5.74) is 0.218. The van der Waals surface area contributed by atoms with Crippen LogP contribution in [0.15, 0.2) is 24.3 Å². The van der Waals surface area contributed by atoms with Gasteiger partial charge >= 0.3 is 0 Å². The lowest BCUT2D eigenvalue weighted by atomic mass is 10.2. The molecule has 0 atom stereocenters. The fourth-order valence-corrected chi connectivity index (χ4v) is 1.21. The molecule has 1 aromatic heterocycles. The molecule has 0 fully saturated rings. The van der Waals surface area contributed by atoms with Crippen LogP contribution in [0.1, 0.15) is 0 Å². The van der Waals surface area contributed by atoms with E-state index < -0.39 is 0 Å². The maximum absolute atomic E-state index is 9.27. The van der Waals surface area contributed by atoms with Crippen LogP contribution in [-0.2, 0) is 0 Å². The molecule has 4 nitrogen and oxygen atoms in total. The van der Waals surface area contributed by atoms with Crippen molar-refractivity contribution in [2.75, 3.05) is 0 Å². The van der Waals surface area contributed by atoms with E-state index in [2.05, 4.69) is 0 Å². The van der Waals surface area contributed by atoms with Gasteiger partial charge in [0.2, 0.25) is 5.88 Å². The molecular formula is C8H7NO3. The van der Waals surface area contributed by atoms with Crippen LogP contribution in [0, 0.1) is 0 Å². The fraction of sp³-hybridized carbons (Fsp3) is 0. The highest BCUT2D eigenvalue weighted by Gasteiger charge is 2.09. The Morgan fingerprint density at radius 2 is 1.92 bits per heavy atom. The van der Waals surface area contributed by atoms with Crippen molar-refractivity contribution in [3.8, 4) is 11.6 Å². The number of aromatic nitrogens is 1. The molecule has 2 aromatic rings. The summed E-state index contributed by atoms with van der Waals surface area (Å²) >= 11 is 0. The summed E-state index contributed by atoms with van der Waals surface area (Å²) in [4.78, 5) is 0. The molecule has 0 saturated carbocycles. The van der Waals surface area contributed by atoms with E-state index in [-0.39, 0.29) is 17.1 Å². The molecule has 0 unspecified atom stereocenters. The molecule has 2 rings (SSSR count). The maximum atomic E-state index is 9.27. The average Bonchev–Trinajstić information content (AvgIpc) is 2.29. The van der Waals surface area contributed by atoms with E-state index in [9.17, 15) is 10.3 Å². The summed E-state index contributed by atoms with van der Waals surface area (Å²) in [5, 5.41) is 28.1. The number of benzene rings is 1. The van der Waals surface area contributed by atoms with Gasteiger partial charge in [0.1, 0.15) is 11.3 Å². The molecule has 0 amide bonds. The van der Waals surface area contributed by atoms with E-state index in [1.165, 1.54) is 12.1 Å². The summed E-state index contributed by atoms with van der Waals surface area (Å²) in [7, 11) is 0. The predicted molar refractivity (Wildman–Crippen MR) is 42.5 cm³/mol. The molecule has 0 bridgehead atoms. The second-order valence-electron chi connectivity index (χ2n) is 2.53. The minimum Gasteiger partial charge on any atom is -0.506 e. The van der Waals surface area contributed by atoms with Gasteiger partial charge in [-0.3, -0.25) is 0 Å². The van der Waals surface area contributed by atoms with Crippen LogP contribution < -0.4 is 0 Å². The van der Waals surface area contributed by atoms with Crippen molar-refractivity contribution in [2.45, 2.75) is 0 Å². The summed E-state index contributed by atoms with van der Waals surface area (Å²) in [6, 6.07) is 6.13. The van der Waals surface area contributed by atoms with Gasteiger partial charge in [-0.2, -0.15) is 0 Å². The van der Waals surface area contributed by atoms with Crippen molar-refractivity contribution >= 4 is 10.9 Å². The zero-order valence-corrected chi connectivity index (χ0v) is 6.10. The highest BCUT2D eigenvalue weighted by molar-refractivity contribution is 5.87. The Morgan fingerprint density at radius 3 is 2.58 bits per heavy atom. The van der Waals surface area contributed by atoms with Gasteiger partial charge in [-0.25, -0.2) is 0 Å². The van der Waals surface area contributed by atoms with E-state index in [0.717, 1.165) is 0 Å². The van der Waals surface area contributed by atoms with Crippen LogP contribution in [0.5, 0.6) is 11.6 Å². The lowest BCUT2D eigenvalue weighted by Gasteiger charge is -1.97. The largest absolute Gasteiger partial charge is 0.506 e. The number of phenols is 1. The van der Waals surface area contributed by atoms with E-state index in [4.69, 9.17) is 5.11 Å². The number of fused-ring (bicyclic) bond motifs is 1. The average molecular weight is 165 g/mol. The van der Waals surface area contributed by atoms with Gasteiger partial charge in [0.15, 0.2) is 0 Å². The summed E-state index contributed by atoms with van der Waals surface area (Å²) in [5.74, 6) is -0.346. The molecule has 62 valence electrons. The van der Waals surface area contributed by atoms with Gasteiger partial charge in [-0.05, 0) is 6.07 Å². The normalized spacial score (nSPS) is 10.7. The lowest BCUT2D eigenvalue weighted by Crippen LogP contribution is -1.87. The number of aromatic hydroxyl groups is 2. The van der Waals surface area contributed by atoms with Crippen LogP contribution in [0.25, 0.3) is 10.9 Å². The molecule has 12 heavy (non-hydrogen) atoms. The third-order valence-corrected chi connectivity index (χ3v) is 1.76. The number of hydrogen-bond acceptors (Lipinski definition) is 3. The quantitative estimate of drug-likeness (QED) is 0.515. The Morgan fingerprint density at radius 1 is 1.17 bits per heavy atom. The van der Waals surface area contributed by atoms with Crippen molar-refractivity contribution in [1.82, 2.24) is 4.73 Å². The third-order valence-electron chi connectivity index (χ3n) is 1.76. The molecular weight excluding hydrogens is 158 g/mol. The molecule has 0 saturated heterocycles. The van der Waals surface area contributed by atoms with Crippen LogP contribution in [0.3, 0.4) is 0 Å². The SMILES string of the molecule is Oc1cccc2cc(O)n(O)c12. The van der Waals surface area contributed by atoms with Crippen LogP contribution in [0.4, 0.5) is 0 Å². The molecule has 0 aliphatic rings. The molecule has 0 spiro atoms. The molecule has 1 heterocycles. The number of rotatable bonds is 0. The second kappa shape index (κ2) is 2.07. The number of hydrogen-bond donors (Lipinski definition) is 3. The molecule has 4 heteroatoms. The van der Waals surface area contributed by atoms with E-state index >= 15 is 0 Å². The molecule has 0 aliphatic carbocycles. The first-order chi connectivity index (χ1) is 5.70. The monoisotopic (exact) mass is 165 g/mol. The minimum atomic E-state index is -0.286. The van der Waals surface area contributed by atoms with Gasteiger partial charge in [0.05, 0.1) is 0 Å². The van der Waals surface area contributed by atoms with Crippen molar-refractivity contribution in [2.24, 2.45) is 0 Å². The van der Waals surface area contributed by atoms with Gasteiger partial charge < -0.3 is 15.4 Å². The Labute approximate surface area is 67.9 Å². The van der Waals surface area contributed by atoms with E-state index in [0.29, 0.717) is 10.1 Å². The zero-order chi connectivity index (χ0) is 8.72. The first-order valence-electron chi connectivity index (χ1n) is 3.42. The number of nitrogens with zero attached hydrogens (tertiary/aromatic N) is 1. The van der Waals surface area contributed by atoms with Gasteiger partial charge in [-0.1, -0.05) is 12.1 Å². The predicted octanol–water partition coefficient (Wildman–Crippen LogP) is 1.29. The van der Waals surface area contributed by atoms with Crippen LogP contribution in [0.2, 0.25) is 0 Å². The van der Waals surface area contributed by atoms with Crippen molar-refractivity contribution < 1.29 is 15.4 Å². The highest BCUT2D eigenvalue weighted by Crippen LogP contribution is 2.29. The Bertz CT molecular complexity index is 433. The van der Waals surface area contributed by atoms with Crippen molar-refractivity contribution in [3.63, 3.8) is 0 Å². The summed E-state index contributed by atoms with van der Waals surface area (Å²) in [6.07, 6.45) is 0. The second-order valence-corrected chi connectivity index (χ2v) is 2.53. The fourth-order valence-electron chi connectivity index (χ4n) is 1.21. The summed E-state index contributed by atoms with van der Waals surface area (Å²) < 4.78 is 0.546. The maximum Gasteiger partial charge on any atom is 0.226 e. The number of para-hydroxylation sites is 1. The van der Waals surface area contributed by atoms with Crippen molar-refractivity contribution in [1.29, 1.82) is 0 Å². The van der Waals surface area contributed by atoms with Gasteiger partial charge in [0, 0.05) is 11.5 Å². The molecule has 3 N–H and O–H groups in total. The number of phenolic OH excluding ortho intramolecular Hbond substituents is 1. The van der Waals surface area contributed by atoms with E-state index in [1.54, 1.807) is 12.1 Å². The zero-order valence-electron chi connectivity index (χ0n) is 6.10. The first kappa shape index (κ1) is 6.84. The topological polar surface area (TPSA) is 65.6 Å². The first-order valence-corrected chi connectivity index (χ1v) is 3.42. The standard InChI is InChI=1S/C8H7NO3/c10-6-3-1-2-5-4-7(11)9(12)8(5)6/h1-4,10-12H. The highest BCUT2D eigenvalue weighted by atomic mass is 16.5. The van der Waals surface area contributed by atoms with Crippen LogP contribution in [-0.4, -0.2) is 20.2 Å². The van der Waals surface area contributed by atoms with Crippen molar-refractivity contribution in [3.05, 3.63) is 24.3 Å². The van der Waals surface area contributed by atoms with E-state index in [1.807, 2.05) is 0 Å². The Balaban J connectivity index is 2.97. The third kappa shape index (κ3) is 0.717. The Kier molecular flexibility index (Phi) is 1.18. The van der Waals surface area contributed by atoms with Gasteiger partial charge in [0.25, 0.3) is 0 Å². The molecule has 0 aliphatic heterocycles. The minimum absolute atomic E-state index is 0.0599. The molecule has 0 radical (unpaired) electrons. The lowest BCUT2D eigenvalue weighted by molar-refractivity contribution is 0.166. The summed E-state index contributed by atoms with van der Waals surface area (Å²) in [6.45, 7) is 0. The smallest absolute Gasteiger partial charge is 0.226 e. The van der Waals surface area contributed by atoms with Crippen LogP contribution >= 0.6 is 0 Å². The Hall–Kier alpha value is -1.84. The van der Waals surface area contributed by atoms with Gasteiger partial charge in [-0.15, -0.1) is 4.73 Å².